The second-order valence-corrected chi connectivity index (χ2v) is 7.76. The molecule has 1 aromatic rings. The van der Waals surface area contributed by atoms with Crippen LogP contribution in [0.2, 0.25) is 0 Å². The molecule has 0 saturated heterocycles. The molecule has 0 aliphatic carbocycles. The van der Waals surface area contributed by atoms with Gasteiger partial charge in [-0.3, -0.25) is 4.79 Å². The maximum absolute atomic E-state index is 14.6. The van der Waals surface area contributed by atoms with Crippen molar-refractivity contribution in [1.29, 1.82) is 0 Å². The molecule has 0 saturated carbocycles. The highest BCUT2D eigenvalue weighted by Crippen LogP contribution is 2.62. The van der Waals surface area contributed by atoms with E-state index in [0.29, 0.717) is 0 Å². The van der Waals surface area contributed by atoms with Crippen molar-refractivity contribution in [3.8, 4) is 0 Å². The standard InChI is InChI=1S/C20H16F15NO4/c1-2-39-12(37)8-11(36-13(38)40-9-10-6-4-3-5-7-10)14(21,22)15(23,24)16(25,26)17(27,28)18(29,30)19(31,32)20(33,34)35/h3-7,11H,2,8-9H2,1H3,(H,36,38). The molecule has 1 atom stereocenters. The molecule has 230 valence electrons. The van der Waals surface area contributed by atoms with Gasteiger partial charge in [0.25, 0.3) is 0 Å². The molecule has 1 N–H and O–H groups in total. The Bertz CT molecular complexity index is 1030. The fourth-order valence-electron chi connectivity index (χ4n) is 2.76. The number of amides is 1. The van der Waals surface area contributed by atoms with Crippen molar-refractivity contribution in [1.82, 2.24) is 5.32 Å². The van der Waals surface area contributed by atoms with Crippen LogP contribution in [0.1, 0.15) is 18.9 Å². The fourth-order valence-corrected chi connectivity index (χ4v) is 2.76. The van der Waals surface area contributed by atoms with Gasteiger partial charge in [0, 0.05) is 0 Å². The van der Waals surface area contributed by atoms with E-state index in [1.807, 2.05) is 0 Å². The number of carbonyl (C=O) groups is 2. The van der Waals surface area contributed by atoms with Crippen LogP contribution in [0.15, 0.2) is 30.3 Å². The van der Waals surface area contributed by atoms with Crippen molar-refractivity contribution in [3.63, 3.8) is 0 Å². The Hall–Kier alpha value is -3.09. The summed E-state index contributed by atoms with van der Waals surface area (Å²) in [6, 6.07) is 2.62. The maximum atomic E-state index is 14.6. The molecule has 5 nitrogen and oxygen atoms in total. The number of alkyl carbamates (subject to hydrolysis) is 1. The highest BCUT2D eigenvalue weighted by molar-refractivity contribution is 5.73. The summed E-state index contributed by atoms with van der Waals surface area (Å²) in [7, 11) is 0. The summed E-state index contributed by atoms with van der Waals surface area (Å²) in [4.78, 5) is 23.4. The van der Waals surface area contributed by atoms with Crippen molar-refractivity contribution >= 4 is 12.1 Å². The first-order chi connectivity index (χ1) is 17.8. The van der Waals surface area contributed by atoms with E-state index in [1.54, 1.807) is 0 Å². The Labute approximate surface area is 213 Å². The van der Waals surface area contributed by atoms with Crippen LogP contribution in [0.5, 0.6) is 0 Å². The Morgan fingerprint density at radius 3 is 1.60 bits per heavy atom. The number of rotatable bonds is 12. The number of nitrogens with one attached hydrogen (secondary N) is 1. The first-order valence-corrected chi connectivity index (χ1v) is 10.3. The van der Waals surface area contributed by atoms with Gasteiger partial charge >= 0.3 is 53.8 Å². The highest BCUT2D eigenvalue weighted by atomic mass is 19.4. The van der Waals surface area contributed by atoms with E-state index in [4.69, 9.17) is 0 Å². The van der Waals surface area contributed by atoms with Crippen molar-refractivity contribution in [2.45, 2.75) is 67.7 Å². The quantitative estimate of drug-likeness (QED) is 0.212. The van der Waals surface area contributed by atoms with Gasteiger partial charge in [-0.05, 0) is 12.5 Å². The van der Waals surface area contributed by atoms with E-state index < -0.39 is 79.5 Å². The lowest BCUT2D eigenvalue weighted by Gasteiger charge is -2.42. The molecule has 0 aliphatic rings. The number of benzene rings is 1. The Balaban J connectivity index is 3.51. The number of alkyl halides is 15. The van der Waals surface area contributed by atoms with Crippen LogP contribution < -0.4 is 5.32 Å². The molecule has 0 radical (unpaired) electrons. The van der Waals surface area contributed by atoms with E-state index in [0.717, 1.165) is 12.2 Å². The molecule has 40 heavy (non-hydrogen) atoms. The smallest absolute Gasteiger partial charge is 0.460 e. The van der Waals surface area contributed by atoms with Crippen LogP contribution in [0.3, 0.4) is 0 Å². The number of ether oxygens (including phenoxy) is 2. The van der Waals surface area contributed by atoms with E-state index in [-0.39, 0.29) is 5.56 Å². The lowest BCUT2D eigenvalue weighted by Crippen LogP contribution is -2.74. The van der Waals surface area contributed by atoms with Gasteiger partial charge in [-0.15, -0.1) is 0 Å². The van der Waals surface area contributed by atoms with Gasteiger partial charge in [-0.2, -0.15) is 65.9 Å². The summed E-state index contributed by atoms with van der Waals surface area (Å²) in [5.41, 5.74) is 0.107. The average Bonchev–Trinajstić information content (AvgIpc) is 2.81. The summed E-state index contributed by atoms with van der Waals surface area (Å²) in [6.07, 6.45) is -12.2. The monoisotopic (exact) mass is 619 g/mol. The molecular formula is C20H16F15NO4. The minimum absolute atomic E-state index is 0.107. The van der Waals surface area contributed by atoms with Gasteiger partial charge in [-0.25, -0.2) is 4.79 Å². The zero-order valence-electron chi connectivity index (χ0n) is 19.4. The van der Waals surface area contributed by atoms with Crippen molar-refractivity contribution in [2.24, 2.45) is 0 Å². The third-order valence-electron chi connectivity index (χ3n) is 4.97. The fraction of sp³-hybridized carbons (Fsp3) is 0.600. The van der Waals surface area contributed by atoms with Crippen LogP contribution in [0, 0.1) is 0 Å². The summed E-state index contributed by atoms with van der Waals surface area (Å²) in [5.74, 6) is -50.4. The van der Waals surface area contributed by atoms with E-state index >= 15 is 0 Å². The first kappa shape index (κ1) is 34.9. The Morgan fingerprint density at radius 1 is 0.700 bits per heavy atom. The topological polar surface area (TPSA) is 64.6 Å². The molecule has 1 unspecified atom stereocenters. The molecule has 0 bridgehead atoms. The maximum Gasteiger partial charge on any atom is 0.460 e. The van der Waals surface area contributed by atoms with Gasteiger partial charge < -0.3 is 14.8 Å². The molecule has 20 heteroatoms. The summed E-state index contributed by atoms with van der Waals surface area (Å²) >= 11 is 0. The zero-order valence-corrected chi connectivity index (χ0v) is 19.4. The predicted octanol–water partition coefficient (Wildman–Crippen LogP) is 6.61. The van der Waals surface area contributed by atoms with Crippen LogP contribution >= 0.6 is 0 Å². The largest absolute Gasteiger partial charge is 0.466 e. The van der Waals surface area contributed by atoms with E-state index in [2.05, 4.69) is 9.47 Å². The SMILES string of the molecule is CCOC(=O)CC(NC(=O)OCc1ccccc1)C(F)(F)C(F)(F)C(F)(F)C(F)(F)C(F)(F)C(F)(F)C(F)(F)F. The lowest BCUT2D eigenvalue weighted by atomic mass is 9.88. The zero-order chi connectivity index (χ0) is 31.6. The molecule has 0 spiro atoms. The lowest BCUT2D eigenvalue weighted by molar-refractivity contribution is -0.453. The van der Waals surface area contributed by atoms with Crippen molar-refractivity contribution in [3.05, 3.63) is 35.9 Å². The molecule has 0 aliphatic heterocycles. The summed E-state index contributed by atoms with van der Waals surface area (Å²) in [6.45, 7) is -0.522. The normalized spacial score (nSPS) is 14.9. The number of carbonyl (C=O) groups excluding carboxylic acids is 2. The highest BCUT2D eigenvalue weighted by Gasteiger charge is 2.93. The number of esters is 1. The van der Waals surface area contributed by atoms with E-state index in [1.165, 1.54) is 30.3 Å². The average molecular weight is 619 g/mol. The predicted molar refractivity (Wildman–Crippen MR) is 101 cm³/mol. The molecule has 1 rings (SSSR count). The minimum atomic E-state index is -8.52. The van der Waals surface area contributed by atoms with E-state index in [9.17, 15) is 75.4 Å². The summed E-state index contributed by atoms with van der Waals surface area (Å²) < 4.78 is 211. The van der Waals surface area contributed by atoms with Gasteiger partial charge in [0.2, 0.25) is 0 Å². The first-order valence-electron chi connectivity index (χ1n) is 10.3. The molecule has 0 fully saturated rings. The second-order valence-electron chi connectivity index (χ2n) is 7.76. The van der Waals surface area contributed by atoms with Gasteiger partial charge in [0.15, 0.2) is 0 Å². The minimum Gasteiger partial charge on any atom is -0.466 e. The van der Waals surface area contributed by atoms with Crippen molar-refractivity contribution in [2.75, 3.05) is 6.61 Å². The van der Waals surface area contributed by atoms with Gasteiger partial charge in [0.1, 0.15) is 12.6 Å². The number of hydrogen-bond acceptors (Lipinski definition) is 4. The molecule has 0 aromatic heterocycles. The molecular weight excluding hydrogens is 603 g/mol. The van der Waals surface area contributed by atoms with Crippen LogP contribution in [-0.2, 0) is 20.9 Å². The Morgan fingerprint density at radius 2 is 1.15 bits per heavy atom. The third-order valence-corrected chi connectivity index (χ3v) is 4.97. The Kier molecular flexibility index (Phi) is 9.97. The summed E-state index contributed by atoms with van der Waals surface area (Å²) in [5, 5.41) is 0.754. The van der Waals surface area contributed by atoms with Gasteiger partial charge in [0.05, 0.1) is 13.0 Å². The van der Waals surface area contributed by atoms with Crippen LogP contribution in [-0.4, -0.2) is 66.4 Å². The third kappa shape index (κ3) is 6.13. The number of hydrogen-bond donors (Lipinski definition) is 1. The second kappa shape index (κ2) is 11.4. The van der Waals surface area contributed by atoms with Crippen LogP contribution in [0.25, 0.3) is 0 Å². The molecule has 1 aromatic carbocycles. The molecule has 0 heterocycles. The molecule has 1 amide bonds. The number of halogens is 15. The van der Waals surface area contributed by atoms with Crippen molar-refractivity contribution < 1.29 is 84.9 Å². The van der Waals surface area contributed by atoms with Crippen LogP contribution in [0.4, 0.5) is 70.7 Å². The van der Waals surface area contributed by atoms with Gasteiger partial charge in [-0.1, -0.05) is 30.3 Å².